The highest BCUT2D eigenvalue weighted by atomic mass is 79.9. The highest BCUT2D eigenvalue weighted by molar-refractivity contribution is 9.10. The van der Waals surface area contributed by atoms with Crippen LogP contribution < -0.4 is 0 Å². The molecule has 2 rings (SSSR count). The van der Waals surface area contributed by atoms with E-state index >= 15 is 0 Å². The summed E-state index contributed by atoms with van der Waals surface area (Å²) in [7, 11) is 0. The van der Waals surface area contributed by atoms with Gasteiger partial charge in [0, 0.05) is 16.9 Å². The average Bonchev–Trinajstić information content (AvgIpc) is 2.47. The quantitative estimate of drug-likeness (QED) is 0.779. The van der Waals surface area contributed by atoms with Crippen molar-refractivity contribution in [2.24, 2.45) is 11.8 Å². The number of hydrogen-bond acceptors (Lipinski definition) is 2. The SMILES string of the molecule is CCC1C[C@@H](CCc2ccc(Br)cc2)CN(C(=O)O)C1=S. The van der Waals surface area contributed by atoms with Gasteiger partial charge in [0.25, 0.3) is 0 Å². The molecule has 0 saturated carbocycles. The molecule has 1 aromatic carbocycles. The van der Waals surface area contributed by atoms with E-state index in [0.29, 0.717) is 17.5 Å². The zero-order valence-corrected chi connectivity index (χ0v) is 14.5. The fourth-order valence-corrected chi connectivity index (χ4v) is 3.57. The molecular weight excluding hydrogens is 350 g/mol. The van der Waals surface area contributed by atoms with Crippen LogP contribution in [0.25, 0.3) is 0 Å². The molecule has 0 aromatic heterocycles. The molecule has 1 aliphatic rings. The average molecular weight is 370 g/mol. The van der Waals surface area contributed by atoms with Gasteiger partial charge < -0.3 is 5.11 Å². The van der Waals surface area contributed by atoms with Gasteiger partial charge in [-0.25, -0.2) is 4.79 Å². The number of rotatable bonds is 4. The molecule has 0 radical (unpaired) electrons. The second kappa shape index (κ2) is 7.36. The second-order valence-electron chi connectivity index (χ2n) is 5.60. The first-order valence-corrected chi connectivity index (χ1v) is 8.50. The Kier molecular flexibility index (Phi) is 5.76. The third-order valence-electron chi connectivity index (χ3n) is 4.15. The van der Waals surface area contributed by atoms with Crippen molar-refractivity contribution >= 4 is 39.2 Å². The van der Waals surface area contributed by atoms with Crippen LogP contribution in [0.4, 0.5) is 4.79 Å². The molecule has 1 unspecified atom stereocenters. The van der Waals surface area contributed by atoms with Gasteiger partial charge in [0.05, 0.1) is 4.99 Å². The number of piperidine rings is 1. The number of amides is 1. The fourth-order valence-electron chi connectivity index (χ4n) is 2.89. The Morgan fingerprint density at radius 2 is 2.10 bits per heavy atom. The molecule has 0 bridgehead atoms. The molecular formula is C16H20BrNO2S. The van der Waals surface area contributed by atoms with Crippen LogP contribution in [0.1, 0.15) is 31.7 Å². The van der Waals surface area contributed by atoms with E-state index in [0.717, 1.165) is 30.2 Å². The van der Waals surface area contributed by atoms with Crippen molar-refractivity contribution in [1.29, 1.82) is 0 Å². The topological polar surface area (TPSA) is 40.5 Å². The van der Waals surface area contributed by atoms with Crippen molar-refractivity contribution in [3.63, 3.8) is 0 Å². The van der Waals surface area contributed by atoms with Crippen LogP contribution in [0.3, 0.4) is 0 Å². The highest BCUT2D eigenvalue weighted by Gasteiger charge is 2.33. The highest BCUT2D eigenvalue weighted by Crippen LogP contribution is 2.29. The van der Waals surface area contributed by atoms with E-state index in [1.54, 1.807) is 0 Å². The summed E-state index contributed by atoms with van der Waals surface area (Å²) in [5, 5.41) is 9.29. The van der Waals surface area contributed by atoms with Crippen LogP contribution in [0.15, 0.2) is 28.7 Å². The number of benzene rings is 1. The standard InChI is InChI=1S/C16H20BrNO2S/c1-2-13-9-12(10-18(15(13)21)16(19)20)4-3-11-5-7-14(17)8-6-11/h5-8,12-13H,2-4,9-10H2,1H3,(H,19,20)/t12-,13?/m1/s1. The first kappa shape index (κ1) is 16.4. The van der Waals surface area contributed by atoms with Gasteiger partial charge >= 0.3 is 6.09 Å². The minimum Gasteiger partial charge on any atom is -0.465 e. The molecule has 1 heterocycles. The molecule has 1 N–H and O–H groups in total. The number of hydrogen-bond donors (Lipinski definition) is 1. The Morgan fingerprint density at radius 1 is 1.43 bits per heavy atom. The Hall–Kier alpha value is -0.940. The molecule has 1 amide bonds. The summed E-state index contributed by atoms with van der Waals surface area (Å²) in [4.78, 5) is 13.3. The summed E-state index contributed by atoms with van der Waals surface area (Å²) in [5.41, 5.74) is 1.29. The first-order valence-electron chi connectivity index (χ1n) is 7.30. The minimum absolute atomic E-state index is 0.222. The molecule has 1 saturated heterocycles. The maximum Gasteiger partial charge on any atom is 0.412 e. The van der Waals surface area contributed by atoms with Crippen molar-refractivity contribution in [1.82, 2.24) is 4.90 Å². The summed E-state index contributed by atoms with van der Waals surface area (Å²) >= 11 is 8.74. The van der Waals surface area contributed by atoms with Gasteiger partial charge in [0.2, 0.25) is 0 Å². The van der Waals surface area contributed by atoms with Crippen LogP contribution in [0.2, 0.25) is 0 Å². The number of nitrogens with zero attached hydrogens (tertiary/aromatic N) is 1. The summed E-state index contributed by atoms with van der Waals surface area (Å²) in [6.45, 7) is 2.62. The molecule has 0 spiro atoms. The lowest BCUT2D eigenvalue weighted by molar-refractivity contribution is 0.151. The van der Waals surface area contributed by atoms with Crippen molar-refractivity contribution in [2.75, 3.05) is 6.54 Å². The predicted octanol–water partition coefficient (Wildman–Crippen LogP) is 4.74. The van der Waals surface area contributed by atoms with E-state index in [1.165, 1.54) is 10.5 Å². The van der Waals surface area contributed by atoms with Gasteiger partial charge in [0.1, 0.15) is 0 Å². The number of carboxylic acid groups (broad SMARTS) is 1. The normalized spacial score (nSPS) is 22.4. The van der Waals surface area contributed by atoms with Crippen LogP contribution >= 0.6 is 28.1 Å². The van der Waals surface area contributed by atoms with E-state index in [2.05, 4.69) is 35.0 Å². The Labute approximate surface area is 139 Å². The number of thiocarbonyl (C=S) groups is 1. The van der Waals surface area contributed by atoms with E-state index in [1.807, 2.05) is 12.1 Å². The maximum absolute atomic E-state index is 11.3. The summed E-state index contributed by atoms with van der Waals surface area (Å²) in [6.07, 6.45) is 3.00. The van der Waals surface area contributed by atoms with Crippen LogP contribution in [-0.4, -0.2) is 27.6 Å². The zero-order valence-electron chi connectivity index (χ0n) is 12.1. The lowest BCUT2D eigenvalue weighted by Gasteiger charge is -2.36. The lowest BCUT2D eigenvalue weighted by atomic mass is 9.84. The molecule has 1 aromatic rings. The summed E-state index contributed by atoms with van der Waals surface area (Å²) in [6, 6.07) is 8.32. The summed E-state index contributed by atoms with van der Waals surface area (Å²) in [5.74, 6) is 0.612. The van der Waals surface area contributed by atoms with Gasteiger partial charge in [-0.2, -0.15) is 0 Å². The van der Waals surface area contributed by atoms with Crippen molar-refractivity contribution < 1.29 is 9.90 Å². The molecule has 1 fully saturated rings. The molecule has 5 heteroatoms. The largest absolute Gasteiger partial charge is 0.465 e. The molecule has 3 nitrogen and oxygen atoms in total. The molecule has 21 heavy (non-hydrogen) atoms. The van der Waals surface area contributed by atoms with E-state index < -0.39 is 6.09 Å². The number of likely N-dealkylation sites (tertiary alicyclic amines) is 1. The van der Waals surface area contributed by atoms with Gasteiger partial charge in [-0.15, -0.1) is 0 Å². The van der Waals surface area contributed by atoms with E-state index in [4.69, 9.17) is 12.2 Å². The van der Waals surface area contributed by atoms with Gasteiger partial charge in [-0.1, -0.05) is 47.2 Å². The third-order valence-corrected chi connectivity index (χ3v) is 5.23. The van der Waals surface area contributed by atoms with Crippen molar-refractivity contribution in [3.05, 3.63) is 34.3 Å². The molecule has 1 aliphatic heterocycles. The fraction of sp³-hybridized carbons (Fsp3) is 0.500. The van der Waals surface area contributed by atoms with Gasteiger partial charge in [0.15, 0.2) is 0 Å². The van der Waals surface area contributed by atoms with Gasteiger partial charge in [-0.3, -0.25) is 4.90 Å². The monoisotopic (exact) mass is 369 g/mol. The van der Waals surface area contributed by atoms with Crippen LogP contribution in [-0.2, 0) is 6.42 Å². The van der Waals surface area contributed by atoms with Crippen LogP contribution in [0.5, 0.6) is 0 Å². The zero-order chi connectivity index (χ0) is 15.4. The predicted molar refractivity (Wildman–Crippen MR) is 91.7 cm³/mol. The van der Waals surface area contributed by atoms with Gasteiger partial charge in [-0.05, 0) is 49.3 Å². The first-order chi connectivity index (χ1) is 10.0. The molecule has 114 valence electrons. The van der Waals surface area contributed by atoms with Crippen molar-refractivity contribution in [2.45, 2.75) is 32.6 Å². The third kappa shape index (κ3) is 4.27. The maximum atomic E-state index is 11.3. The number of halogens is 1. The van der Waals surface area contributed by atoms with E-state index in [-0.39, 0.29) is 5.92 Å². The minimum atomic E-state index is -0.910. The van der Waals surface area contributed by atoms with Crippen LogP contribution in [0, 0.1) is 11.8 Å². The Bertz CT molecular complexity index is 518. The smallest absolute Gasteiger partial charge is 0.412 e. The summed E-state index contributed by atoms with van der Waals surface area (Å²) < 4.78 is 1.08. The molecule has 2 atom stereocenters. The Balaban J connectivity index is 1.97. The molecule has 0 aliphatic carbocycles. The van der Waals surface area contributed by atoms with Crippen molar-refractivity contribution in [3.8, 4) is 0 Å². The Morgan fingerprint density at radius 3 is 2.67 bits per heavy atom. The van der Waals surface area contributed by atoms with E-state index in [9.17, 15) is 9.90 Å². The number of carbonyl (C=O) groups is 1. The number of aryl methyl sites for hydroxylation is 1. The lowest BCUT2D eigenvalue weighted by Crippen LogP contribution is -2.46. The second-order valence-corrected chi connectivity index (χ2v) is 6.94.